The van der Waals surface area contributed by atoms with E-state index in [1.807, 2.05) is 18.2 Å². The number of hydrazone groups is 1. The molecule has 0 fully saturated rings. The fourth-order valence-corrected chi connectivity index (χ4v) is 1.40. The summed E-state index contributed by atoms with van der Waals surface area (Å²) in [5.41, 5.74) is 0.940. The van der Waals surface area contributed by atoms with Crippen molar-refractivity contribution in [2.45, 2.75) is 0 Å². The summed E-state index contributed by atoms with van der Waals surface area (Å²) >= 11 is 2.20. The van der Waals surface area contributed by atoms with Crippen molar-refractivity contribution in [2.24, 2.45) is 10.9 Å². The number of benzene rings is 1. The van der Waals surface area contributed by atoms with Gasteiger partial charge in [-0.15, -0.1) is 0 Å². The molecule has 0 aliphatic carbocycles. The Hall–Kier alpha value is -0.780. The van der Waals surface area contributed by atoms with E-state index in [0.717, 1.165) is 14.9 Å². The molecule has 0 saturated heterocycles. The molecule has 64 valence electrons. The van der Waals surface area contributed by atoms with Crippen LogP contribution < -0.4 is 10.6 Å². The highest BCUT2D eigenvalue weighted by atomic mass is 127. The van der Waals surface area contributed by atoms with Gasteiger partial charge in [0.2, 0.25) is 0 Å². The lowest BCUT2D eigenvalue weighted by molar-refractivity contribution is 0.412. The van der Waals surface area contributed by atoms with Crippen molar-refractivity contribution in [3.05, 3.63) is 27.3 Å². The molecule has 3 nitrogen and oxygen atoms in total. The third-order valence-corrected chi connectivity index (χ3v) is 2.29. The van der Waals surface area contributed by atoms with E-state index in [2.05, 4.69) is 27.7 Å². The van der Waals surface area contributed by atoms with Crippen molar-refractivity contribution >= 4 is 28.8 Å². The smallest absolute Gasteiger partial charge is 0.132 e. The molecule has 0 heterocycles. The Kier molecular flexibility index (Phi) is 3.33. The van der Waals surface area contributed by atoms with Crippen molar-refractivity contribution in [3.8, 4) is 5.75 Å². The molecule has 0 atom stereocenters. The molecular formula is C8H9IN2O. The molecule has 1 aromatic carbocycles. The zero-order valence-electron chi connectivity index (χ0n) is 6.62. The normalized spacial score (nSPS) is 10.5. The van der Waals surface area contributed by atoms with Crippen LogP contribution in [0, 0.1) is 3.57 Å². The van der Waals surface area contributed by atoms with Crippen molar-refractivity contribution in [1.29, 1.82) is 0 Å². The second-order valence-corrected chi connectivity index (χ2v) is 3.33. The number of methoxy groups -OCH3 is 1. The van der Waals surface area contributed by atoms with Gasteiger partial charge in [-0.3, -0.25) is 0 Å². The molecule has 2 N–H and O–H groups in total. The van der Waals surface area contributed by atoms with Gasteiger partial charge in [-0.05, 0) is 40.3 Å². The van der Waals surface area contributed by atoms with Crippen molar-refractivity contribution < 1.29 is 4.74 Å². The summed E-state index contributed by atoms with van der Waals surface area (Å²) in [7, 11) is 1.64. The lowest BCUT2D eigenvalue weighted by atomic mass is 10.2. The highest BCUT2D eigenvalue weighted by Gasteiger charge is 1.98. The maximum absolute atomic E-state index is 5.12. The summed E-state index contributed by atoms with van der Waals surface area (Å²) < 4.78 is 6.20. The summed E-state index contributed by atoms with van der Waals surface area (Å²) in [6, 6.07) is 5.77. The van der Waals surface area contributed by atoms with E-state index in [-0.39, 0.29) is 0 Å². The van der Waals surface area contributed by atoms with Gasteiger partial charge >= 0.3 is 0 Å². The van der Waals surface area contributed by atoms with E-state index in [4.69, 9.17) is 10.6 Å². The Balaban J connectivity index is 3.05. The standard InChI is InChI=1S/C8H9IN2O/c1-12-8-4-6(5-11-10)2-3-7(8)9/h2-5H,10H2,1H3. The highest BCUT2D eigenvalue weighted by molar-refractivity contribution is 14.1. The lowest BCUT2D eigenvalue weighted by Crippen LogP contribution is -1.91. The molecule has 0 unspecified atom stereocenters. The fourth-order valence-electron chi connectivity index (χ4n) is 0.843. The van der Waals surface area contributed by atoms with Gasteiger partial charge in [0.05, 0.1) is 16.9 Å². The van der Waals surface area contributed by atoms with Crippen LogP contribution in [0.25, 0.3) is 0 Å². The van der Waals surface area contributed by atoms with Gasteiger partial charge in [0.1, 0.15) is 5.75 Å². The Morgan fingerprint density at radius 2 is 2.33 bits per heavy atom. The zero-order valence-corrected chi connectivity index (χ0v) is 8.78. The van der Waals surface area contributed by atoms with Crippen molar-refractivity contribution in [2.75, 3.05) is 7.11 Å². The first kappa shape index (κ1) is 9.31. The molecular weight excluding hydrogens is 267 g/mol. The van der Waals surface area contributed by atoms with E-state index >= 15 is 0 Å². The van der Waals surface area contributed by atoms with Crippen LogP contribution in [-0.4, -0.2) is 13.3 Å². The average Bonchev–Trinajstić information content (AvgIpc) is 2.09. The van der Waals surface area contributed by atoms with Crippen LogP contribution in [0.4, 0.5) is 0 Å². The molecule has 0 bridgehead atoms. The summed E-state index contributed by atoms with van der Waals surface area (Å²) in [4.78, 5) is 0. The van der Waals surface area contributed by atoms with Crippen molar-refractivity contribution in [1.82, 2.24) is 0 Å². The molecule has 0 spiro atoms. The Labute approximate surface area is 84.7 Å². The largest absolute Gasteiger partial charge is 0.496 e. The van der Waals surface area contributed by atoms with Crippen LogP contribution in [0.5, 0.6) is 5.75 Å². The van der Waals surface area contributed by atoms with Crippen LogP contribution in [0.3, 0.4) is 0 Å². The second-order valence-electron chi connectivity index (χ2n) is 2.17. The third-order valence-electron chi connectivity index (χ3n) is 1.40. The Bertz CT molecular complexity index is 299. The van der Waals surface area contributed by atoms with E-state index in [1.54, 1.807) is 13.3 Å². The van der Waals surface area contributed by atoms with Gasteiger partial charge in [-0.25, -0.2) is 0 Å². The monoisotopic (exact) mass is 276 g/mol. The first-order valence-electron chi connectivity index (χ1n) is 3.34. The predicted molar refractivity (Wildman–Crippen MR) is 57.5 cm³/mol. The number of hydrogen-bond donors (Lipinski definition) is 1. The minimum Gasteiger partial charge on any atom is -0.496 e. The van der Waals surface area contributed by atoms with Gasteiger partial charge in [-0.2, -0.15) is 5.10 Å². The number of hydrogen-bond acceptors (Lipinski definition) is 3. The molecule has 0 aliphatic heterocycles. The van der Waals surface area contributed by atoms with E-state index in [0.29, 0.717) is 0 Å². The van der Waals surface area contributed by atoms with Crippen LogP contribution in [0.15, 0.2) is 23.3 Å². The first-order chi connectivity index (χ1) is 5.77. The minimum atomic E-state index is 0.841. The van der Waals surface area contributed by atoms with Crippen LogP contribution in [0.2, 0.25) is 0 Å². The zero-order chi connectivity index (χ0) is 8.97. The van der Waals surface area contributed by atoms with Gasteiger partial charge in [-0.1, -0.05) is 6.07 Å². The molecule has 0 radical (unpaired) electrons. The fraction of sp³-hybridized carbons (Fsp3) is 0.125. The van der Waals surface area contributed by atoms with Crippen LogP contribution in [-0.2, 0) is 0 Å². The van der Waals surface area contributed by atoms with Gasteiger partial charge < -0.3 is 10.6 Å². The molecule has 0 saturated carbocycles. The first-order valence-corrected chi connectivity index (χ1v) is 4.42. The predicted octanol–water partition coefficient (Wildman–Crippen LogP) is 1.59. The quantitative estimate of drug-likeness (QED) is 0.386. The van der Waals surface area contributed by atoms with Gasteiger partial charge in [0, 0.05) is 0 Å². The summed E-state index contributed by atoms with van der Waals surface area (Å²) in [5.74, 6) is 5.86. The van der Waals surface area contributed by atoms with Crippen LogP contribution >= 0.6 is 22.6 Å². The molecule has 1 rings (SSSR count). The SMILES string of the molecule is COc1cc(C=NN)ccc1I. The lowest BCUT2D eigenvalue weighted by Gasteiger charge is -2.02. The maximum atomic E-state index is 5.12. The summed E-state index contributed by atoms with van der Waals surface area (Å²) in [5, 5.41) is 3.43. The van der Waals surface area contributed by atoms with Gasteiger partial charge in [0.25, 0.3) is 0 Å². The molecule has 0 aliphatic rings. The molecule has 4 heteroatoms. The topological polar surface area (TPSA) is 47.6 Å². The average molecular weight is 276 g/mol. The Morgan fingerprint density at radius 1 is 1.58 bits per heavy atom. The van der Waals surface area contributed by atoms with Crippen molar-refractivity contribution in [3.63, 3.8) is 0 Å². The maximum Gasteiger partial charge on any atom is 0.132 e. The summed E-state index contributed by atoms with van der Waals surface area (Å²) in [6.07, 6.45) is 1.58. The number of nitrogens with two attached hydrogens (primary N) is 1. The highest BCUT2D eigenvalue weighted by Crippen LogP contribution is 2.20. The van der Waals surface area contributed by atoms with E-state index < -0.39 is 0 Å². The number of halogens is 1. The number of nitrogens with zero attached hydrogens (tertiary/aromatic N) is 1. The second kappa shape index (κ2) is 4.30. The third kappa shape index (κ3) is 2.10. The van der Waals surface area contributed by atoms with E-state index in [1.165, 1.54) is 0 Å². The summed E-state index contributed by atoms with van der Waals surface area (Å²) in [6.45, 7) is 0. The van der Waals surface area contributed by atoms with Gasteiger partial charge in [0.15, 0.2) is 0 Å². The molecule has 1 aromatic rings. The number of ether oxygens (including phenoxy) is 1. The molecule has 0 aromatic heterocycles. The Morgan fingerprint density at radius 3 is 2.92 bits per heavy atom. The molecule has 12 heavy (non-hydrogen) atoms. The van der Waals surface area contributed by atoms with Crippen LogP contribution in [0.1, 0.15) is 5.56 Å². The number of rotatable bonds is 2. The minimum absolute atomic E-state index is 0.841. The molecule has 0 amide bonds. The van der Waals surface area contributed by atoms with E-state index in [9.17, 15) is 0 Å².